The number of carbonyl (C=O) groups excluding carboxylic acids is 1. The van der Waals surface area contributed by atoms with Gasteiger partial charge in [0.1, 0.15) is 0 Å². The Morgan fingerprint density at radius 2 is 1.64 bits per heavy atom. The van der Waals surface area contributed by atoms with Crippen molar-refractivity contribution < 1.29 is 13.2 Å². The van der Waals surface area contributed by atoms with Gasteiger partial charge in [-0.25, -0.2) is 13.1 Å². The molecule has 0 spiro atoms. The Morgan fingerprint density at radius 1 is 1.05 bits per heavy atom. The van der Waals surface area contributed by atoms with Crippen molar-refractivity contribution in [2.45, 2.75) is 44.9 Å². The van der Waals surface area contributed by atoms with E-state index >= 15 is 0 Å². The average Bonchev–Trinajstić information content (AvgIpc) is 2.53. The monoisotopic (exact) mass is 326 g/mol. The molecule has 0 radical (unpaired) electrons. The van der Waals surface area contributed by atoms with Gasteiger partial charge >= 0.3 is 0 Å². The van der Waals surface area contributed by atoms with Crippen molar-refractivity contribution in [3.8, 4) is 0 Å². The van der Waals surface area contributed by atoms with Crippen molar-refractivity contribution >= 4 is 15.9 Å². The third-order valence-corrected chi connectivity index (χ3v) is 5.01. The van der Waals surface area contributed by atoms with Crippen molar-refractivity contribution in [1.29, 1.82) is 0 Å². The summed E-state index contributed by atoms with van der Waals surface area (Å²) < 4.78 is 26.8. The molecule has 0 atom stereocenters. The van der Waals surface area contributed by atoms with E-state index in [4.69, 9.17) is 0 Å². The molecule has 1 N–H and O–H groups in total. The summed E-state index contributed by atoms with van der Waals surface area (Å²) in [6.07, 6.45) is 2.87. The molecule has 0 bridgehead atoms. The first-order chi connectivity index (χ1) is 10.5. The number of unbranched alkanes of at least 4 members (excludes halogenated alkanes) is 2. The van der Waals surface area contributed by atoms with Crippen molar-refractivity contribution in [3.63, 3.8) is 0 Å². The number of rotatable bonds is 9. The van der Waals surface area contributed by atoms with Gasteiger partial charge in [0.15, 0.2) is 0 Å². The summed E-state index contributed by atoms with van der Waals surface area (Å²) in [6.45, 7) is 7.61. The second-order valence-electron chi connectivity index (χ2n) is 5.11. The van der Waals surface area contributed by atoms with E-state index in [0.29, 0.717) is 25.2 Å². The largest absolute Gasteiger partial charge is 0.339 e. The van der Waals surface area contributed by atoms with Gasteiger partial charge in [-0.05, 0) is 44.5 Å². The topological polar surface area (TPSA) is 66.5 Å². The summed E-state index contributed by atoms with van der Waals surface area (Å²) in [4.78, 5) is 14.1. The van der Waals surface area contributed by atoms with Crippen LogP contribution < -0.4 is 4.72 Å². The van der Waals surface area contributed by atoms with Crippen LogP contribution in [0.5, 0.6) is 0 Å². The highest BCUT2D eigenvalue weighted by atomic mass is 32.2. The fraction of sp³-hybridized carbons (Fsp3) is 0.562. The molecule has 0 saturated carbocycles. The van der Waals surface area contributed by atoms with E-state index in [0.717, 1.165) is 19.3 Å². The lowest BCUT2D eigenvalue weighted by Gasteiger charge is -2.18. The molecule has 1 aromatic rings. The maximum atomic E-state index is 12.2. The number of nitrogens with zero attached hydrogens (tertiary/aromatic N) is 1. The fourth-order valence-electron chi connectivity index (χ4n) is 2.13. The smallest absolute Gasteiger partial charge is 0.253 e. The molecule has 22 heavy (non-hydrogen) atoms. The molecule has 6 heteroatoms. The zero-order valence-electron chi connectivity index (χ0n) is 13.6. The number of sulfonamides is 1. The molecule has 1 rings (SSSR count). The third kappa shape index (κ3) is 5.10. The summed E-state index contributed by atoms with van der Waals surface area (Å²) in [7, 11) is -3.49. The summed E-state index contributed by atoms with van der Waals surface area (Å²) in [5.41, 5.74) is 0.508. The van der Waals surface area contributed by atoms with E-state index in [1.165, 1.54) is 12.1 Å². The predicted octanol–water partition coefficient (Wildman–Crippen LogP) is 2.64. The van der Waals surface area contributed by atoms with Gasteiger partial charge in [0.25, 0.3) is 5.91 Å². The van der Waals surface area contributed by atoms with Gasteiger partial charge in [0.05, 0.1) is 4.90 Å². The fourth-order valence-corrected chi connectivity index (χ4v) is 3.21. The van der Waals surface area contributed by atoms with Gasteiger partial charge in [0, 0.05) is 25.2 Å². The molecule has 1 amide bonds. The van der Waals surface area contributed by atoms with Gasteiger partial charge in [-0.3, -0.25) is 4.79 Å². The second-order valence-corrected chi connectivity index (χ2v) is 6.87. The van der Waals surface area contributed by atoms with E-state index < -0.39 is 10.0 Å². The van der Waals surface area contributed by atoms with Crippen LogP contribution in [-0.2, 0) is 10.0 Å². The Hall–Kier alpha value is -1.40. The molecule has 5 nitrogen and oxygen atoms in total. The first-order valence-electron chi connectivity index (χ1n) is 7.85. The second kappa shape index (κ2) is 8.90. The highest BCUT2D eigenvalue weighted by Crippen LogP contribution is 2.12. The molecular weight excluding hydrogens is 300 g/mol. The van der Waals surface area contributed by atoms with Crippen LogP contribution in [0, 0.1) is 0 Å². The zero-order chi connectivity index (χ0) is 16.6. The van der Waals surface area contributed by atoms with Gasteiger partial charge in [-0.2, -0.15) is 0 Å². The standard InChI is InChI=1S/C16H26N2O3S/c1-4-7-8-13-17-22(20,21)15-11-9-14(10-12-15)16(19)18(5-2)6-3/h9-12,17H,4-8,13H2,1-3H3. The maximum absolute atomic E-state index is 12.2. The third-order valence-electron chi connectivity index (χ3n) is 3.53. The zero-order valence-corrected chi connectivity index (χ0v) is 14.4. The number of amides is 1. The molecule has 0 aliphatic rings. The van der Waals surface area contributed by atoms with E-state index in [9.17, 15) is 13.2 Å². The molecule has 0 saturated heterocycles. The molecule has 0 aromatic heterocycles. The Labute approximate surface area is 133 Å². The number of hydrogen-bond acceptors (Lipinski definition) is 3. The van der Waals surface area contributed by atoms with Gasteiger partial charge < -0.3 is 4.90 Å². The van der Waals surface area contributed by atoms with Gasteiger partial charge in [0.2, 0.25) is 10.0 Å². The van der Waals surface area contributed by atoms with Crippen LogP contribution in [0.15, 0.2) is 29.2 Å². The molecule has 124 valence electrons. The number of hydrogen-bond donors (Lipinski definition) is 1. The molecule has 0 heterocycles. The van der Waals surface area contributed by atoms with E-state index in [1.807, 2.05) is 13.8 Å². The molecule has 0 aliphatic heterocycles. The average molecular weight is 326 g/mol. The molecule has 0 unspecified atom stereocenters. The van der Waals surface area contributed by atoms with Crippen LogP contribution in [0.2, 0.25) is 0 Å². The summed E-state index contributed by atoms with van der Waals surface area (Å²) >= 11 is 0. The minimum Gasteiger partial charge on any atom is -0.339 e. The van der Waals surface area contributed by atoms with Crippen LogP contribution in [0.1, 0.15) is 50.4 Å². The summed E-state index contributed by atoms with van der Waals surface area (Å²) in [6, 6.07) is 6.11. The molecule has 1 aromatic carbocycles. The number of nitrogens with one attached hydrogen (secondary N) is 1. The Bertz CT molecular complexity index is 564. The van der Waals surface area contributed by atoms with Crippen molar-refractivity contribution in [2.24, 2.45) is 0 Å². The highest BCUT2D eigenvalue weighted by molar-refractivity contribution is 7.89. The predicted molar refractivity (Wildman–Crippen MR) is 88.4 cm³/mol. The summed E-state index contributed by atoms with van der Waals surface area (Å²) in [5, 5.41) is 0. The van der Waals surface area contributed by atoms with Gasteiger partial charge in [-0.1, -0.05) is 19.8 Å². The Balaban J connectivity index is 2.77. The minimum absolute atomic E-state index is 0.0788. The Kier molecular flexibility index (Phi) is 7.55. The lowest BCUT2D eigenvalue weighted by atomic mass is 10.2. The Morgan fingerprint density at radius 3 is 2.14 bits per heavy atom. The van der Waals surface area contributed by atoms with Crippen LogP contribution in [0.3, 0.4) is 0 Å². The van der Waals surface area contributed by atoms with Crippen LogP contribution in [0.25, 0.3) is 0 Å². The first kappa shape index (κ1) is 18.6. The highest BCUT2D eigenvalue weighted by Gasteiger charge is 2.16. The minimum atomic E-state index is -3.49. The lowest BCUT2D eigenvalue weighted by Crippen LogP contribution is -2.30. The SMILES string of the molecule is CCCCCNS(=O)(=O)c1ccc(C(=O)N(CC)CC)cc1. The van der Waals surface area contributed by atoms with Crippen LogP contribution in [-0.4, -0.2) is 38.9 Å². The molecule has 0 aliphatic carbocycles. The summed E-state index contributed by atoms with van der Waals surface area (Å²) in [5.74, 6) is -0.0788. The maximum Gasteiger partial charge on any atom is 0.253 e. The van der Waals surface area contributed by atoms with Crippen molar-refractivity contribution in [3.05, 3.63) is 29.8 Å². The number of carbonyl (C=O) groups is 1. The molecular formula is C16H26N2O3S. The quantitative estimate of drug-likeness (QED) is 0.709. The van der Waals surface area contributed by atoms with E-state index in [2.05, 4.69) is 11.6 Å². The van der Waals surface area contributed by atoms with Crippen LogP contribution in [0.4, 0.5) is 0 Å². The molecule has 0 fully saturated rings. The van der Waals surface area contributed by atoms with E-state index in [1.54, 1.807) is 17.0 Å². The van der Waals surface area contributed by atoms with Crippen molar-refractivity contribution in [2.75, 3.05) is 19.6 Å². The normalized spacial score (nSPS) is 11.4. The van der Waals surface area contributed by atoms with Gasteiger partial charge in [-0.15, -0.1) is 0 Å². The first-order valence-corrected chi connectivity index (χ1v) is 9.33. The van der Waals surface area contributed by atoms with E-state index in [-0.39, 0.29) is 10.8 Å². The van der Waals surface area contributed by atoms with Crippen LogP contribution >= 0.6 is 0 Å². The number of benzene rings is 1. The lowest BCUT2D eigenvalue weighted by molar-refractivity contribution is 0.0773. The van der Waals surface area contributed by atoms with Crippen molar-refractivity contribution in [1.82, 2.24) is 9.62 Å².